The van der Waals surface area contributed by atoms with Gasteiger partial charge in [-0.15, -0.1) is 29.7 Å². The molecule has 72 valence electrons. The van der Waals surface area contributed by atoms with Gasteiger partial charge in [0.15, 0.2) is 5.03 Å². The van der Waals surface area contributed by atoms with E-state index in [2.05, 4.69) is 34.6 Å². The van der Waals surface area contributed by atoms with E-state index in [9.17, 15) is 8.42 Å². The zero-order valence-corrected chi connectivity index (χ0v) is 9.22. The molecule has 0 spiro atoms. The van der Waals surface area contributed by atoms with E-state index in [1.807, 2.05) is 0 Å². The van der Waals surface area contributed by atoms with E-state index in [0.29, 0.717) is 0 Å². The summed E-state index contributed by atoms with van der Waals surface area (Å²) in [4.78, 5) is 3.64. The van der Waals surface area contributed by atoms with Crippen molar-refractivity contribution in [1.82, 2.24) is 9.55 Å². The van der Waals surface area contributed by atoms with Crippen LogP contribution in [-0.4, -0.2) is 22.3 Å². The van der Waals surface area contributed by atoms with E-state index in [-0.39, 0.29) is 9.40 Å². The second-order valence-electron chi connectivity index (χ2n) is 2.24. The van der Waals surface area contributed by atoms with Crippen LogP contribution in [0.15, 0.2) is 21.9 Å². The highest BCUT2D eigenvalue weighted by molar-refractivity contribution is 8.24. The molecule has 0 saturated carbocycles. The standard InChI is InChI=1S/C5H7N3O2S3/c1-8-2-4(6-3-8)13(9,10)7-5(11)12/h2-3H,1H3,(H2,7,11,12). The lowest BCUT2D eigenvalue weighted by atomic mass is 10.9. The van der Waals surface area contributed by atoms with Crippen LogP contribution in [0.25, 0.3) is 0 Å². The fourth-order valence-corrected chi connectivity index (χ4v) is 2.11. The van der Waals surface area contributed by atoms with Crippen LogP contribution >= 0.6 is 25.3 Å². The highest BCUT2D eigenvalue weighted by atomic mass is 32.2. The number of thiol groups is 2. The van der Waals surface area contributed by atoms with Gasteiger partial charge in [-0.25, -0.2) is 4.98 Å². The summed E-state index contributed by atoms with van der Waals surface area (Å²) in [5.41, 5.74) is 0. The monoisotopic (exact) mass is 237 g/mol. The van der Waals surface area contributed by atoms with Crippen molar-refractivity contribution in [2.24, 2.45) is 11.4 Å². The van der Waals surface area contributed by atoms with Crippen LogP contribution in [0.1, 0.15) is 0 Å². The maximum atomic E-state index is 11.3. The lowest BCUT2D eigenvalue weighted by Crippen LogP contribution is -1.98. The van der Waals surface area contributed by atoms with E-state index in [0.717, 1.165) is 0 Å². The molecule has 0 aliphatic heterocycles. The number of nitrogens with zero attached hydrogens (tertiary/aromatic N) is 3. The Morgan fingerprint density at radius 3 is 2.62 bits per heavy atom. The number of imidazole rings is 1. The average Bonchev–Trinajstić information content (AvgIpc) is 2.32. The maximum absolute atomic E-state index is 11.3. The van der Waals surface area contributed by atoms with Gasteiger partial charge in [-0.05, 0) is 0 Å². The molecule has 0 fully saturated rings. The molecule has 0 bridgehead atoms. The fourth-order valence-electron chi connectivity index (χ4n) is 0.676. The van der Waals surface area contributed by atoms with Gasteiger partial charge in [-0.2, -0.15) is 8.42 Å². The third-order valence-electron chi connectivity index (χ3n) is 1.15. The van der Waals surface area contributed by atoms with Gasteiger partial charge in [0.2, 0.25) is 0 Å². The predicted molar refractivity (Wildman–Crippen MR) is 55.8 cm³/mol. The topological polar surface area (TPSA) is 64.3 Å². The van der Waals surface area contributed by atoms with E-state index in [4.69, 9.17) is 0 Å². The SMILES string of the molecule is Cn1cnc(S(=O)(=O)N=C(S)S)c1. The van der Waals surface area contributed by atoms with Gasteiger partial charge in [0.25, 0.3) is 0 Å². The Hall–Kier alpha value is -0.470. The van der Waals surface area contributed by atoms with Gasteiger partial charge in [-0.3, -0.25) is 0 Å². The number of aryl methyl sites for hydroxylation is 1. The van der Waals surface area contributed by atoms with Crippen LogP contribution in [0.4, 0.5) is 0 Å². The minimum atomic E-state index is -3.74. The Kier molecular flexibility index (Phi) is 3.04. The Morgan fingerprint density at radius 1 is 1.62 bits per heavy atom. The van der Waals surface area contributed by atoms with Gasteiger partial charge < -0.3 is 4.57 Å². The summed E-state index contributed by atoms with van der Waals surface area (Å²) in [6.07, 6.45) is 2.72. The normalized spacial score (nSPS) is 11.3. The molecule has 0 N–H and O–H groups in total. The van der Waals surface area contributed by atoms with Crippen LogP contribution in [0.5, 0.6) is 0 Å². The van der Waals surface area contributed by atoms with Gasteiger partial charge in [-0.1, -0.05) is 0 Å². The molecule has 1 aromatic rings. The van der Waals surface area contributed by atoms with Crippen molar-refractivity contribution in [1.29, 1.82) is 0 Å². The van der Waals surface area contributed by atoms with Crippen molar-refractivity contribution >= 4 is 39.7 Å². The molecule has 5 nitrogen and oxygen atoms in total. The summed E-state index contributed by atoms with van der Waals surface area (Å²) >= 11 is 7.30. The number of sulfonamides is 1. The van der Waals surface area contributed by atoms with Gasteiger partial charge in [0.05, 0.1) is 6.33 Å². The van der Waals surface area contributed by atoms with E-state index in [1.165, 1.54) is 17.1 Å². The smallest absolute Gasteiger partial charge is 0.302 e. The van der Waals surface area contributed by atoms with Crippen LogP contribution in [0, 0.1) is 0 Å². The molecule has 1 aromatic heterocycles. The zero-order valence-electron chi connectivity index (χ0n) is 6.62. The molecule has 0 atom stereocenters. The number of hydrogen-bond acceptors (Lipinski definition) is 3. The molecule has 8 heteroatoms. The van der Waals surface area contributed by atoms with Crippen LogP contribution in [0.3, 0.4) is 0 Å². The van der Waals surface area contributed by atoms with E-state index < -0.39 is 10.0 Å². The molecule has 0 aliphatic carbocycles. The Morgan fingerprint density at radius 2 is 2.23 bits per heavy atom. The van der Waals surface area contributed by atoms with Crippen molar-refractivity contribution < 1.29 is 8.42 Å². The zero-order chi connectivity index (χ0) is 10.1. The first kappa shape index (κ1) is 10.6. The second kappa shape index (κ2) is 3.72. The number of hydrogen-bond donors (Lipinski definition) is 2. The molecule has 13 heavy (non-hydrogen) atoms. The van der Waals surface area contributed by atoms with Gasteiger partial charge >= 0.3 is 10.0 Å². The summed E-state index contributed by atoms with van der Waals surface area (Å²) in [6, 6.07) is 0. The van der Waals surface area contributed by atoms with E-state index >= 15 is 0 Å². The molecular weight excluding hydrogens is 230 g/mol. The molecule has 0 amide bonds. The molecule has 0 saturated heterocycles. The van der Waals surface area contributed by atoms with Gasteiger partial charge in [0, 0.05) is 13.2 Å². The lowest BCUT2D eigenvalue weighted by molar-refractivity contribution is 0.595. The van der Waals surface area contributed by atoms with Crippen molar-refractivity contribution in [3.05, 3.63) is 12.5 Å². The predicted octanol–water partition coefficient (Wildman–Crippen LogP) is 0.324. The van der Waals surface area contributed by atoms with Crippen molar-refractivity contribution in [2.75, 3.05) is 0 Å². The van der Waals surface area contributed by atoms with Crippen molar-refractivity contribution in [2.45, 2.75) is 5.03 Å². The Bertz CT molecular complexity index is 430. The molecule has 0 aromatic carbocycles. The summed E-state index contributed by atoms with van der Waals surface area (Å²) in [6.45, 7) is 0. The lowest BCUT2D eigenvalue weighted by Gasteiger charge is -1.91. The first-order chi connectivity index (χ1) is 5.92. The fraction of sp³-hybridized carbons (Fsp3) is 0.200. The maximum Gasteiger partial charge on any atom is 0.302 e. The van der Waals surface area contributed by atoms with Crippen LogP contribution in [0.2, 0.25) is 0 Å². The minimum Gasteiger partial charge on any atom is -0.339 e. The quantitative estimate of drug-likeness (QED) is 0.442. The minimum absolute atomic E-state index is 0.115. The Labute approximate surface area is 86.8 Å². The van der Waals surface area contributed by atoms with Gasteiger partial charge in [0.1, 0.15) is 4.38 Å². The highest BCUT2D eigenvalue weighted by Gasteiger charge is 2.15. The largest absolute Gasteiger partial charge is 0.339 e. The first-order valence-electron chi connectivity index (χ1n) is 3.12. The summed E-state index contributed by atoms with van der Waals surface area (Å²) < 4.78 is 27.2. The highest BCUT2D eigenvalue weighted by Crippen LogP contribution is 2.10. The summed E-state index contributed by atoms with van der Waals surface area (Å²) in [5, 5.41) is -0.115. The molecule has 0 aliphatic rings. The molecule has 1 heterocycles. The van der Waals surface area contributed by atoms with Crippen molar-refractivity contribution in [3.8, 4) is 0 Å². The third-order valence-corrected chi connectivity index (χ3v) is 2.78. The van der Waals surface area contributed by atoms with E-state index in [1.54, 1.807) is 7.05 Å². The van der Waals surface area contributed by atoms with Crippen molar-refractivity contribution in [3.63, 3.8) is 0 Å². The summed E-state index contributed by atoms with van der Waals surface area (Å²) in [7, 11) is -2.07. The number of rotatable bonds is 2. The second-order valence-corrected chi connectivity index (χ2v) is 4.99. The first-order valence-corrected chi connectivity index (χ1v) is 5.46. The molecular formula is C5H7N3O2S3. The summed E-state index contributed by atoms with van der Waals surface area (Å²) in [5.74, 6) is 0. The number of aromatic nitrogens is 2. The Balaban J connectivity index is 3.16. The van der Waals surface area contributed by atoms with Crippen LogP contribution < -0.4 is 0 Å². The average molecular weight is 237 g/mol. The third kappa shape index (κ3) is 2.75. The molecule has 1 rings (SSSR count). The van der Waals surface area contributed by atoms with Crippen LogP contribution in [-0.2, 0) is 17.1 Å². The molecule has 0 radical (unpaired) electrons. The molecule has 0 unspecified atom stereocenters.